The zero-order valence-corrected chi connectivity index (χ0v) is 27.2. The molecule has 0 spiro atoms. The Balaban J connectivity index is 1.06. The number of pyridine rings is 2. The van der Waals surface area contributed by atoms with Gasteiger partial charge in [0.1, 0.15) is 0 Å². The molecule has 9 heteroatoms. The fourth-order valence-corrected chi connectivity index (χ4v) is 6.48. The largest absolute Gasteiger partial charge is 0.372 e. The molecule has 1 fully saturated rings. The average molecular weight is 638 g/mol. The maximum Gasteiger partial charge on any atom is 0.273 e. The van der Waals surface area contributed by atoms with E-state index in [9.17, 15) is 9.59 Å². The Morgan fingerprint density at radius 3 is 2.60 bits per heavy atom. The van der Waals surface area contributed by atoms with E-state index >= 15 is 0 Å². The van der Waals surface area contributed by atoms with Crippen LogP contribution in [0.2, 0.25) is 0 Å². The number of aryl methyl sites for hydroxylation is 1. The van der Waals surface area contributed by atoms with E-state index < -0.39 is 0 Å². The molecular formula is C39H39N7O2. The summed E-state index contributed by atoms with van der Waals surface area (Å²) in [7, 11) is 0. The first-order valence-corrected chi connectivity index (χ1v) is 16.6. The number of anilines is 2. The number of nitrogens with zero attached hydrogens (tertiary/aromatic N) is 5. The number of amides is 2. The summed E-state index contributed by atoms with van der Waals surface area (Å²) in [6, 6.07) is 27.4. The first-order chi connectivity index (χ1) is 23.5. The monoisotopic (exact) mass is 637 g/mol. The highest BCUT2D eigenvalue weighted by Gasteiger charge is 2.21. The van der Waals surface area contributed by atoms with Crippen LogP contribution in [0.1, 0.15) is 67.9 Å². The van der Waals surface area contributed by atoms with Gasteiger partial charge in [0.05, 0.1) is 17.5 Å². The van der Waals surface area contributed by atoms with Crippen LogP contribution in [-0.2, 0) is 19.5 Å². The van der Waals surface area contributed by atoms with Crippen molar-refractivity contribution in [2.24, 2.45) is 5.10 Å². The van der Waals surface area contributed by atoms with Gasteiger partial charge in [-0.15, -0.1) is 0 Å². The number of nitrogens with one attached hydrogen (secondary N) is 2. The van der Waals surface area contributed by atoms with Gasteiger partial charge in [0.15, 0.2) is 5.65 Å². The van der Waals surface area contributed by atoms with E-state index in [-0.39, 0.29) is 11.8 Å². The van der Waals surface area contributed by atoms with Crippen LogP contribution in [0.25, 0.3) is 11.0 Å². The Bertz CT molecular complexity index is 1980. The molecule has 2 N–H and O–H groups in total. The van der Waals surface area contributed by atoms with Gasteiger partial charge in [-0.3, -0.25) is 14.5 Å². The molecule has 0 radical (unpaired) electrons. The topological polar surface area (TPSA) is 103 Å². The van der Waals surface area contributed by atoms with Crippen molar-refractivity contribution in [1.29, 1.82) is 0 Å². The van der Waals surface area contributed by atoms with Crippen LogP contribution in [-0.4, -0.2) is 52.5 Å². The van der Waals surface area contributed by atoms with E-state index in [0.29, 0.717) is 23.4 Å². The summed E-state index contributed by atoms with van der Waals surface area (Å²) < 4.78 is 0. The second-order valence-corrected chi connectivity index (χ2v) is 12.6. The molecule has 4 heterocycles. The van der Waals surface area contributed by atoms with E-state index in [0.717, 1.165) is 84.5 Å². The van der Waals surface area contributed by atoms with Crippen LogP contribution in [0.3, 0.4) is 0 Å². The van der Waals surface area contributed by atoms with Crippen molar-refractivity contribution in [3.05, 3.63) is 130 Å². The van der Waals surface area contributed by atoms with E-state index in [1.165, 1.54) is 12.0 Å². The third-order valence-corrected chi connectivity index (χ3v) is 9.09. The number of carbonyl (C=O) groups excluding carboxylic acids is 2. The summed E-state index contributed by atoms with van der Waals surface area (Å²) in [6.07, 6.45) is 7.70. The van der Waals surface area contributed by atoms with Gasteiger partial charge >= 0.3 is 0 Å². The summed E-state index contributed by atoms with van der Waals surface area (Å²) in [4.78, 5) is 41.0. The number of hydrazone groups is 1. The molecule has 9 nitrogen and oxygen atoms in total. The second kappa shape index (κ2) is 14.1. The molecule has 1 saturated heterocycles. The molecule has 0 unspecified atom stereocenters. The van der Waals surface area contributed by atoms with Gasteiger partial charge in [-0.2, -0.15) is 5.10 Å². The van der Waals surface area contributed by atoms with E-state index in [1.54, 1.807) is 18.5 Å². The fraction of sp³-hybridized carbons (Fsp3) is 0.256. The van der Waals surface area contributed by atoms with Crippen molar-refractivity contribution in [2.75, 3.05) is 29.9 Å². The minimum absolute atomic E-state index is 0.271. The molecule has 2 amide bonds. The van der Waals surface area contributed by atoms with Crippen LogP contribution >= 0.6 is 0 Å². The number of fused-ring (bicyclic) bond motifs is 2. The number of carbonyl (C=O) groups is 2. The van der Waals surface area contributed by atoms with Gasteiger partial charge in [0.25, 0.3) is 11.8 Å². The van der Waals surface area contributed by atoms with Gasteiger partial charge in [0.2, 0.25) is 0 Å². The quantitative estimate of drug-likeness (QED) is 0.149. The van der Waals surface area contributed by atoms with E-state index in [2.05, 4.69) is 36.7 Å². The number of benzene rings is 3. The zero-order chi connectivity index (χ0) is 32.9. The lowest BCUT2D eigenvalue weighted by Crippen LogP contribution is -2.30. The highest BCUT2D eigenvalue weighted by molar-refractivity contribution is 6.09. The normalized spacial score (nSPS) is 15.0. The number of hydrogen-bond donors (Lipinski definition) is 2. The van der Waals surface area contributed by atoms with Crippen LogP contribution in [0.5, 0.6) is 0 Å². The van der Waals surface area contributed by atoms with Crippen molar-refractivity contribution < 1.29 is 9.59 Å². The Morgan fingerprint density at radius 1 is 0.896 bits per heavy atom. The average Bonchev–Trinajstić information content (AvgIpc) is 3.12. The fourth-order valence-electron chi connectivity index (χ4n) is 6.48. The molecule has 0 aliphatic carbocycles. The molecule has 0 bridgehead atoms. The summed E-state index contributed by atoms with van der Waals surface area (Å²) in [5, 5.41) is 8.26. The molecule has 0 saturated carbocycles. The van der Waals surface area contributed by atoms with Crippen LogP contribution in [0.4, 0.5) is 11.4 Å². The highest BCUT2D eigenvalue weighted by atomic mass is 16.2. The van der Waals surface area contributed by atoms with Crippen LogP contribution in [0.15, 0.2) is 96.2 Å². The standard InChI is InChI=1S/C39H39N7O2/c1-27-10-12-28(13-11-27)24-41-44-39(48)34-23-33(46-18-3-2-4-19-46)14-15-36(34)43-38(47)31-8-5-7-29(21-31)25-45-20-16-35-32(26-45)22-30-9-6-17-40-37(30)42-35/h5-15,17,21-24H,2-4,16,18-20,25-26H2,1H3,(H,43,47)(H,44,48). The van der Waals surface area contributed by atoms with Gasteiger partial charge in [-0.05, 0) is 91.4 Å². The molecule has 242 valence electrons. The summed E-state index contributed by atoms with van der Waals surface area (Å²) >= 11 is 0. The third-order valence-electron chi connectivity index (χ3n) is 9.09. The third kappa shape index (κ3) is 7.26. The molecule has 48 heavy (non-hydrogen) atoms. The number of rotatable bonds is 8. The molecule has 7 rings (SSSR count). The van der Waals surface area contributed by atoms with Gasteiger partial charge < -0.3 is 10.2 Å². The molecule has 5 aromatic rings. The van der Waals surface area contributed by atoms with Crippen molar-refractivity contribution in [3.63, 3.8) is 0 Å². The molecule has 2 aromatic heterocycles. The molecule has 0 atom stereocenters. The van der Waals surface area contributed by atoms with E-state index in [4.69, 9.17) is 4.98 Å². The molecule has 2 aliphatic heterocycles. The van der Waals surface area contributed by atoms with Crippen molar-refractivity contribution >= 4 is 40.4 Å². The second-order valence-electron chi connectivity index (χ2n) is 12.6. The first-order valence-electron chi connectivity index (χ1n) is 16.6. The van der Waals surface area contributed by atoms with Crippen LogP contribution < -0.4 is 15.6 Å². The minimum atomic E-state index is -0.385. The lowest BCUT2D eigenvalue weighted by Gasteiger charge is -2.29. The zero-order valence-electron chi connectivity index (χ0n) is 27.2. The predicted molar refractivity (Wildman–Crippen MR) is 190 cm³/mol. The first kappa shape index (κ1) is 31.2. The maximum atomic E-state index is 13.6. The lowest BCUT2D eigenvalue weighted by atomic mass is 10.0. The number of hydrogen-bond acceptors (Lipinski definition) is 7. The Morgan fingerprint density at radius 2 is 1.75 bits per heavy atom. The SMILES string of the molecule is Cc1ccc(C=NNC(=O)c2cc(N3CCCCC3)ccc2NC(=O)c2cccc(CN3CCc4nc5ncccc5cc4C3)c2)cc1. The van der Waals surface area contributed by atoms with Gasteiger partial charge in [-0.1, -0.05) is 42.0 Å². The van der Waals surface area contributed by atoms with Crippen molar-refractivity contribution in [1.82, 2.24) is 20.3 Å². The maximum absolute atomic E-state index is 13.6. The number of aromatic nitrogens is 2. The molecule has 2 aliphatic rings. The van der Waals surface area contributed by atoms with Gasteiger partial charge in [-0.25, -0.2) is 15.4 Å². The van der Waals surface area contributed by atoms with Gasteiger partial charge in [0, 0.05) is 67.7 Å². The summed E-state index contributed by atoms with van der Waals surface area (Å²) in [6.45, 7) is 6.29. The Kier molecular flexibility index (Phi) is 9.20. The predicted octanol–water partition coefficient (Wildman–Crippen LogP) is 6.50. The summed E-state index contributed by atoms with van der Waals surface area (Å²) in [5.74, 6) is -0.656. The van der Waals surface area contributed by atoms with E-state index in [1.807, 2.05) is 79.7 Å². The highest BCUT2D eigenvalue weighted by Crippen LogP contribution is 2.27. The minimum Gasteiger partial charge on any atom is -0.372 e. The van der Waals surface area contributed by atoms with Crippen molar-refractivity contribution in [2.45, 2.75) is 45.7 Å². The van der Waals surface area contributed by atoms with Crippen molar-refractivity contribution in [3.8, 4) is 0 Å². The molecular weight excluding hydrogens is 598 g/mol. The lowest BCUT2D eigenvalue weighted by molar-refractivity contribution is 0.0956. The Labute approximate surface area is 280 Å². The number of piperidine rings is 1. The smallest absolute Gasteiger partial charge is 0.273 e. The Hall–Kier alpha value is -5.41. The van der Waals surface area contributed by atoms with Crippen LogP contribution in [0, 0.1) is 6.92 Å². The summed E-state index contributed by atoms with van der Waals surface area (Å²) in [5.41, 5.74) is 11.2. The molecule has 3 aromatic carbocycles.